The monoisotopic (exact) mass is 391 g/mol. The molecule has 6 nitrogen and oxygen atoms in total. The molecule has 0 fully saturated rings. The van der Waals surface area contributed by atoms with Crippen LogP contribution in [-0.2, 0) is 19.6 Å². The van der Waals surface area contributed by atoms with Gasteiger partial charge in [0.1, 0.15) is 25.5 Å². The second-order valence-electron chi connectivity index (χ2n) is 6.47. The molecule has 0 aromatic heterocycles. The molecule has 0 heterocycles. The van der Waals surface area contributed by atoms with Gasteiger partial charge in [0.15, 0.2) is 0 Å². The molecule has 0 amide bonds. The lowest BCUT2D eigenvalue weighted by molar-refractivity contribution is -0.144. The number of ether oxygens (including phenoxy) is 2. The number of carbonyl (C=O) groups excluding carboxylic acids is 1. The topological polar surface area (TPSA) is 72.9 Å². The molecule has 2 rings (SSSR count). The summed E-state index contributed by atoms with van der Waals surface area (Å²) in [6, 6.07) is 12.3. The minimum Gasteiger partial charge on any atom is -0.490 e. The summed E-state index contributed by atoms with van der Waals surface area (Å²) >= 11 is 0. The molecular weight excluding hydrogens is 366 g/mol. The molecule has 7 heteroatoms. The van der Waals surface area contributed by atoms with Crippen LogP contribution in [0.3, 0.4) is 0 Å². The van der Waals surface area contributed by atoms with Crippen molar-refractivity contribution in [1.82, 2.24) is 4.31 Å². The first-order valence-electron chi connectivity index (χ1n) is 8.58. The zero-order valence-electron chi connectivity index (χ0n) is 16.1. The first-order chi connectivity index (χ1) is 12.7. The van der Waals surface area contributed by atoms with Crippen molar-refractivity contribution in [1.29, 1.82) is 0 Å². The molecule has 0 aliphatic rings. The van der Waals surface area contributed by atoms with Gasteiger partial charge in [0.05, 0.1) is 4.90 Å². The Hall–Kier alpha value is -2.38. The number of esters is 1. The van der Waals surface area contributed by atoms with Crippen molar-refractivity contribution in [2.45, 2.75) is 25.7 Å². The molecule has 0 atom stereocenters. The summed E-state index contributed by atoms with van der Waals surface area (Å²) in [5.74, 6) is 0.0832. The van der Waals surface area contributed by atoms with E-state index in [1.165, 1.54) is 19.2 Å². The molecular formula is C20H25NO5S. The predicted octanol–water partition coefficient (Wildman–Crippen LogP) is 2.85. The summed E-state index contributed by atoms with van der Waals surface area (Å²) in [6.07, 6.45) is 0. The fraction of sp³-hybridized carbons (Fsp3) is 0.350. The Morgan fingerprint density at radius 3 is 2.11 bits per heavy atom. The second kappa shape index (κ2) is 9.01. The molecule has 27 heavy (non-hydrogen) atoms. The van der Waals surface area contributed by atoms with Gasteiger partial charge in [0.2, 0.25) is 10.0 Å². The van der Waals surface area contributed by atoms with E-state index < -0.39 is 16.0 Å². The molecule has 0 aliphatic carbocycles. The quantitative estimate of drug-likeness (QED) is 0.511. The summed E-state index contributed by atoms with van der Waals surface area (Å²) < 4.78 is 36.5. The smallest absolute Gasteiger partial charge is 0.321 e. The summed E-state index contributed by atoms with van der Waals surface area (Å²) in [5, 5.41) is 0. The van der Waals surface area contributed by atoms with Gasteiger partial charge >= 0.3 is 5.97 Å². The maximum absolute atomic E-state index is 12.5. The SMILES string of the molecule is Cc1ccc(S(=O)(=O)N(C)CC(=O)OCCOc2cc(C)cc(C)c2)cc1. The van der Waals surface area contributed by atoms with Gasteiger partial charge < -0.3 is 9.47 Å². The Balaban J connectivity index is 1.81. The van der Waals surface area contributed by atoms with Crippen LogP contribution in [0.5, 0.6) is 5.75 Å². The number of nitrogens with zero attached hydrogens (tertiary/aromatic N) is 1. The second-order valence-corrected chi connectivity index (χ2v) is 8.51. The molecule has 2 aromatic rings. The average Bonchev–Trinajstić information content (AvgIpc) is 2.58. The van der Waals surface area contributed by atoms with E-state index in [0.29, 0.717) is 5.75 Å². The van der Waals surface area contributed by atoms with Crippen LogP contribution in [0, 0.1) is 20.8 Å². The molecule has 0 saturated carbocycles. The Morgan fingerprint density at radius 1 is 0.926 bits per heavy atom. The number of likely N-dealkylation sites (N-methyl/N-ethyl adjacent to an activating group) is 1. The lowest BCUT2D eigenvalue weighted by Crippen LogP contribution is -2.33. The van der Waals surface area contributed by atoms with Crippen molar-refractivity contribution in [3.63, 3.8) is 0 Å². The van der Waals surface area contributed by atoms with Crippen molar-refractivity contribution in [3.8, 4) is 5.75 Å². The number of sulfonamides is 1. The highest BCUT2D eigenvalue weighted by Gasteiger charge is 2.23. The van der Waals surface area contributed by atoms with E-state index in [0.717, 1.165) is 21.0 Å². The molecule has 0 radical (unpaired) electrons. The van der Waals surface area contributed by atoms with Crippen LogP contribution in [0.25, 0.3) is 0 Å². The third kappa shape index (κ3) is 6.08. The summed E-state index contributed by atoms with van der Waals surface area (Å²) in [5.41, 5.74) is 3.13. The number of hydrogen-bond acceptors (Lipinski definition) is 5. The molecule has 0 N–H and O–H groups in total. The van der Waals surface area contributed by atoms with Crippen LogP contribution in [0.2, 0.25) is 0 Å². The fourth-order valence-corrected chi connectivity index (χ4v) is 3.65. The zero-order chi connectivity index (χ0) is 20.0. The normalized spacial score (nSPS) is 11.4. The van der Waals surface area contributed by atoms with Gasteiger partial charge in [-0.2, -0.15) is 4.31 Å². The molecule has 2 aromatic carbocycles. The molecule has 0 bridgehead atoms. The Kier molecular flexibility index (Phi) is 6.98. The van der Waals surface area contributed by atoms with E-state index >= 15 is 0 Å². The standard InChI is InChI=1S/C20H25NO5S/c1-15-5-7-19(8-6-15)27(23,24)21(4)14-20(22)26-10-9-25-18-12-16(2)11-17(3)13-18/h5-8,11-13H,9-10,14H2,1-4H3. The highest BCUT2D eigenvalue weighted by Crippen LogP contribution is 2.16. The largest absolute Gasteiger partial charge is 0.490 e. The van der Waals surface area contributed by atoms with E-state index in [2.05, 4.69) is 0 Å². The van der Waals surface area contributed by atoms with Crippen molar-refractivity contribution in [2.75, 3.05) is 26.8 Å². The van der Waals surface area contributed by atoms with Gasteiger partial charge in [0, 0.05) is 7.05 Å². The predicted molar refractivity (Wildman–Crippen MR) is 103 cm³/mol. The van der Waals surface area contributed by atoms with Gasteiger partial charge in [-0.25, -0.2) is 8.42 Å². The minimum atomic E-state index is -3.73. The van der Waals surface area contributed by atoms with E-state index in [1.54, 1.807) is 12.1 Å². The molecule has 0 saturated heterocycles. The number of benzene rings is 2. The average molecular weight is 391 g/mol. The molecule has 0 spiro atoms. The summed E-state index contributed by atoms with van der Waals surface area (Å²) in [4.78, 5) is 12.1. The Morgan fingerprint density at radius 2 is 1.52 bits per heavy atom. The lowest BCUT2D eigenvalue weighted by atomic mass is 10.1. The lowest BCUT2D eigenvalue weighted by Gasteiger charge is -2.16. The van der Waals surface area contributed by atoms with Crippen LogP contribution in [0.4, 0.5) is 0 Å². The van der Waals surface area contributed by atoms with Crippen LogP contribution in [0.15, 0.2) is 47.4 Å². The maximum Gasteiger partial charge on any atom is 0.321 e. The molecule has 0 aliphatic heterocycles. The van der Waals surface area contributed by atoms with E-state index in [4.69, 9.17) is 9.47 Å². The number of hydrogen-bond donors (Lipinski definition) is 0. The fourth-order valence-electron chi connectivity index (χ4n) is 2.53. The third-order valence-corrected chi connectivity index (χ3v) is 5.71. The van der Waals surface area contributed by atoms with Crippen LogP contribution >= 0.6 is 0 Å². The van der Waals surface area contributed by atoms with Crippen LogP contribution in [-0.4, -0.2) is 45.5 Å². The first-order valence-corrected chi connectivity index (χ1v) is 10.0. The van der Waals surface area contributed by atoms with E-state index in [1.807, 2.05) is 39.0 Å². The Labute approximate surface area is 160 Å². The number of aryl methyl sites for hydroxylation is 3. The summed E-state index contributed by atoms with van der Waals surface area (Å²) in [7, 11) is -2.38. The molecule has 146 valence electrons. The molecule has 0 unspecified atom stereocenters. The van der Waals surface area contributed by atoms with Crippen molar-refractivity contribution in [3.05, 3.63) is 59.2 Å². The van der Waals surface area contributed by atoms with Gasteiger partial charge in [-0.3, -0.25) is 4.79 Å². The van der Waals surface area contributed by atoms with Crippen molar-refractivity contribution < 1.29 is 22.7 Å². The highest BCUT2D eigenvalue weighted by atomic mass is 32.2. The minimum absolute atomic E-state index is 0.0459. The van der Waals surface area contributed by atoms with Gasteiger partial charge in [-0.05, 0) is 56.2 Å². The maximum atomic E-state index is 12.5. The Bertz CT molecular complexity index is 871. The van der Waals surface area contributed by atoms with Crippen molar-refractivity contribution in [2.24, 2.45) is 0 Å². The van der Waals surface area contributed by atoms with Crippen LogP contribution in [0.1, 0.15) is 16.7 Å². The van der Waals surface area contributed by atoms with Gasteiger partial charge in [0.25, 0.3) is 0 Å². The zero-order valence-corrected chi connectivity index (χ0v) is 16.9. The van der Waals surface area contributed by atoms with Gasteiger partial charge in [-0.1, -0.05) is 23.8 Å². The highest BCUT2D eigenvalue weighted by molar-refractivity contribution is 7.89. The van der Waals surface area contributed by atoms with E-state index in [-0.39, 0.29) is 24.7 Å². The third-order valence-electron chi connectivity index (χ3n) is 3.89. The number of rotatable bonds is 8. The number of carbonyl (C=O) groups is 1. The van der Waals surface area contributed by atoms with Crippen molar-refractivity contribution >= 4 is 16.0 Å². The summed E-state index contributed by atoms with van der Waals surface area (Å²) in [6.45, 7) is 5.71. The van der Waals surface area contributed by atoms with Gasteiger partial charge in [-0.15, -0.1) is 0 Å². The van der Waals surface area contributed by atoms with Crippen LogP contribution < -0.4 is 4.74 Å². The first kappa shape index (κ1) is 20.9. The van der Waals surface area contributed by atoms with E-state index in [9.17, 15) is 13.2 Å².